The maximum Gasteiger partial charge on any atom is 0.240 e. The van der Waals surface area contributed by atoms with Crippen LogP contribution >= 0.6 is 22.9 Å². The molecule has 4 rings (SSSR count). The average Bonchev–Trinajstić information content (AvgIpc) is 3.37. The Bertz CT molecular complexity index is 1090. The van der Waals surface area contributed by atoms with Crippen LogP contribution in [0.4, 0.5) is 0 Å². The highest BCUT2D eigenvalue weighted by atomic mass is 35.5. The molecule has 0 unspecified atom stereocenters. The molecule has 0 saturated heterocycles. The molecule has 140 valence electrons. The van der Waals surface area contributed by atoms with E-state index in [1.807, 2.05) is 66.2 Å². The molecule has 1 amide bonds. The number of carbonyl (C=O) groups excluding carboxylic acids is 1. The number of amides is 1. The van der Waals surface area contributed by atoms with Crippen molar-refractivity contribution in [3.8, 4) is 22.0 Å². The lowest BCUT2D eigenvalue weighted by Gasteiger charge is -2.06. The second-order valence-corrected chi connectivity index (χ2v) is 7.54. The molecule has 2 aromatic heterocycles. The Hall–Kier alpha value is -2.96. The fraction of sp³-hybridized carbons (Fsp3) is 0.0952. The van der Waals surface area contributed by atoms with Crippen molar-refractivity contribution in [3.05, 3.63) is 83.1 Å². The summed E-state index contributed by atoms with van der Waals surface area (Å²) >= 11 is 7.50. The predicted octanol–water partition coefficient (Wildman–Crippen LogP) is 4.64. The van der Waals surface area contributed by atoms with Crippen LogP contribution in [0.25, 0.3) is 22.0 Å². The number of nitrogens with zero attached hydrogens (tertiary/aromatic N) is 3. The molecular formula is C21H17ClN4OS. The van der Waals surface area contributed by atoms with E-state index in [1.54, 1.807) is 10.9 Å². The molecule has 28 heavy (non-hydrogen) atoms. The monoisotopic (exact) mass is 408 g/mol. The molecule has 0 aliphatic rings. The largest absolute Gasteiger partial charge is 0.350 e. The summed E-state index contributed by atoms with van der Waals surface area (Å²) in [5.74, 6) is -0.0898. The molecule has 2 aromatic carbocycles. The number of aromatic nitrogens is 3. The van der Waals surface area contributed by atoms with Gasteiger partial charge in [-0.15, -0.1) is 11.3 Å². The number of hydrogen-bond acceptors (Lipinski definition) is 4. The summed E-state index contributed by atoms with van der Waals surface area (Å²) in [5, 5.41) is 6.39. The summed E-state index contributed by atoms with van der Waals surface area (Å²) < 4.78 is 1.76. The Morgan fingerprint density at radius 3 is 2.79 bits per heavy atom. The first-order valence-corrected chi connectivity index (χ1v) is 9.97. The molecule has 5 nitrogen and oxygen atoms in total. The number of carbonyl (C=O) groups is 1. The molecule has 0 fully saturated rings. The van der Waals surface area contributed by atoms with Gasteiger partial charge in [0.15, 0.2) is 0 Å². The van der Waals surface area contributed by atoms with Crippen LogP contribution in [0.1, 0.15) is 5.56 Å². The van der Waals surface area contributed by atoms with Gasteiger partial charge >= 0.3 is 0 Å². The minimum absolute atomic E-state index is 0.0898. The van der Waals surface area contributed by atoms with Crippen LogP contribution in [0.2, 0.25) is 5.02 Å². The predicted molar refractivity (Wildman–Crippen MR) is 112 cm³/mol. The first-order valence-electron chi connectivity index (χ1n) is 8.71. The summed E-state index contributed by atoms with van der Waals surface area (Å²) in [6.45, 7) is 0.637. The molecule has 0 aliphatic carbocycles. The number of benzene rings is 2. The maximum atomic E-state index is 12.2. The first-order chi connectivity index (χ1) is 13.7. The van der Waals surface area contributed by atoms with Crippen molar-refractivity contribution in [2.24, 2.45) is 0 Å². The van der Waals surface area contributed by atoms with Gasteiger partial charge in [0.25, 0.3) is 0 Å². The van der Waals surface area contributed by atoms with Gasteiger partial charge in [0.05, 0.1) is 12.0 Å². The van der Waals surface area contributed by atoms with Crippen molar-refractivity contribution >= 4 is 28.8 Å². The molecule has 0 saturated carbocycles. The zero-order chi connectivity index (χ0) is 19.3. The minimum atomic E-state index is -0.0898. The summed E-state index contributed by atoms with van der Waals surface area (Å²) in [7, 11) is 0. The maximum absolute atomic E-state index is 12.2. The van der Waals surface area contributed by atoms with Crippen molar-refractivity contribution in [3.63, 3.8) is 0 Å². The van der Waals surface area contributed by atoms with E-state index in [2.05, 4.69) is 15.3 Å². The van der Waals surface area contributed by atoms with E-state index >= 15 is 0 Å². The lowest BCUT2D eigenvalue weighted by atomic mass is 10.2. The van der Waals surface area contributed by atoms with Crippen LogP contribution in [-0.4, -0.2) is 20.4 Å². The SMILES string of the molecule is O=C(Cn1cnc(-c2nc(-c3ccccc3)cs2)c1)NCc1cccc(Cl)c1. The van der Waals surface area contributed by atoms with Crippen LogP contribution in [0.15, 0.2) is 72.5 Å². The summed E-state index contributed by atoms with van der Waals surface area (Å²) in [5.41, 5.74) is 3.72. The molecule has 0 aliphatic heterocycles. The highest BCUT2D eigenvalue weighted by Crippen LogP contribution is 2.27. The number of nitrogens with one attached hydrogen (secondary N) is 1. The van der Waals surface area contributed by atoms with Crippen LogP contribution in [0.3, 0.4) is 0 Å². The van der Waals surface area contributed by atoms with E-state index in [0.29, 0.717) is 11.6 Å². The normalized spacial score (nSPS) is 10.8. The van der Waals surface area contributed by atoms with Crippen molar-refractivity contribution in [2.45, 2.75) is 13.1 Å². The van der Waals surface area contributed by atoms with Gasteiger partial charge in [-0.3, -0.25) is 4.79 Å². The zero-order valence-corrected chi connectivity index (χ0v) is 16.5. The third-order valence-corrected chi connectivity index (χ3v) is 5.23. The number of rotatable bonds is 6. The molecule has 0 spiro atoms. The highest BCUT2D eigenvalue weighted by Gasteiger charge is 2.10. The van der Waals surface area contributed by atoms with E-state index in [1.165, 1.54) is 11.3 Å². The van der Waals surface area contributed by atoms with E-state index in [-0.39, 0.29) is 12.5 Å². The second kappa shape index (κ2) is 8.37. The van der Waals surface area contributed by atoms with Gasteiger partial charge in [-0.25, -0.2) is 9.97 Å². The third kappa shape index (κ3) is 4.47. The Morgan fingerprint density at radius 1 is 1.11 bits per heavy atom. The summed E-state index contributed by atoms with van der Waals surface area (Å²) in [6.07, 6.45) is 3.49. The van der Waals surface area contributed by atoms with Crippen molar-refractivity contribution in [1.82, 2.24) is 19.9 Å². The van der Waals surface area contributed by atoms with Gasteiger partial charge in [-0.05, 0) is 17.7 Å². The van der Waals surface area contributed by atoms with Gasteiger partial charge in [0.1, 0.15) is 17.2 Å². The molecular weight excluding hydrogens is 392 g/mol. The molecule has 0 bridgehead atoms. The van der Waals surface area contributed by atoms with Gasteiger partial charge < -0.3 is 9.88 Å². The molecule has 0 radical (unpaired) electrons. The van der Waals surface area contributed by atoms with E-state index in [4.69, 9.17) is 11.6 Å². The Kier molecular flexibility index (Phi) is 5.50. The molecule has 2 heterocycles. The molecule has 4 aromatic rings. The van der Waals surface area contributed by atoms with Gasteiger partial charge in [-0.2, -0.15) is 0 Å². The van der Waals surface area contributed by atoms with Crippen LogP contribution < -0.4 is 5.32 Å². The van der Waals surface area contributed by atoms with E-state index in [0.717, 1.165) is 27.5 Å². The third-order valence-electron chi connectivity index (χ3n) is 4.13. The second-order valence-electron chi connectivity index (χ2n) is 6.24. The van der Waals surface area contributed by atoms with Crippen LogP contribution in [-0.2, 0) is 17.9 Å². The number of halogens is 1. The molecule has 0 atom stereocenters. The van der Waals surface area contributed by atoms with E-state index in [9.17, 15) is 4.79 Å². The van der Waals surface area contributed by atoms with Crippen LogP contribution in [0.5, 0.6) is 0 Å². The fourth-order valence-electron chi connectivity index (χ4n) is 2.76. The van der Waals surface area contributed by atoms with Gasteiger partial charge in [0, 0.05) is 28.7 Å². The number of imidazole rings is 1. The smallest absolute Gasteiger partial charge is 0.240 e. The molecule has 7 heteroatoms. The van der Waals surface area contributed by atoms with Gasteiger partial charge in [-0.1, -0.05) is 54.1 Å². The fourth-order valence-corrected chi connectivity index (χ4v) is 3.76. The van der Waals surface area contributed by atoms with Crippen molar-refractivity contribution < 1.29 is 4.79 Å². The lowest BCUT2D eigenvalue weighted by molar-refractivity contribution is -0.121. The Morgan fingerprint density at radius 2 is 1.96 bits per heavy atom. The Labute approximate surface area is 171 Å². The summed E-state index contributed by atoms with van der Waals surface area (Å²) in [4.78, 5) is 21.2. The highest BCUT2D eigenvalue weighted by molar-refractivity contribution is 7.13. The minimum Gasteiger partial charge on any atom is -0.350 e. The standard InChI is InChI=1S/C21H17ClN4OS/c22-17-8-4-5-15(9-17)10-23-20(27)12-26-11-18(24-14-26)21-25-19(13-28-21)16-6-2-1-3-7-16/h1-9,11,13-14H,10,12H2,(H,23,27). The first kappa shape index (κ1) is 18.4. The lowest BCUT2D eigenvalue weighted by Crippen LogP contribution is -2.26. The van der Waals surface area contributed by atoms with Gasteiger partial charge in [0.2, 0.25) is 5.91 Å². The quantitative estimate of drug-likeness (QED) is 0.505. The van der Waals surface area contributed by atoms with Crippen molar-refractivity contribution in [1.29, 1.82) is 0 Å². The topological polar surface area (TPSA) is 59.8 Å². The average molecular weight is 409 g/mol. The summed E-state index contributed by atoms with van der Waals surface area (Å²) in [6, 6.07) is 17.5. The molecule has 1 N–H and O–H groups in total. The van der Waals surface area contributed by atoms with Crippen molar-refractivity contribution in [2.75, 3.05) is 0 Å². The van der Waals surface area contributed by atoms with E-state index < -0.39 is 0 Å². The number of hydrogen-bond donors (Lipinski definition) is 1. The number of thiazole rings is 1. The van der Waals surface area contributed by atoms with Crippen LogP contribution in [0, 0.1) is 0 Å². The Balaban J connectivity index is 1.38. The zero-order valence-electron chi connectivity index (χ0n) is 14.9.